The summed E-state index contributed by atoms with van der Waals surface area (Å²) in [4.78, 5) is 9.60. The van der Waals surface area contributed by atoms with Crippen molar-refractivity contribution in [2.75, 3.05) is 51.3 Å². The number of benzene rings is 2. The SMILES string of the molecule is CN1CCC[C@H]1COc1nc2c(c(N3CCN[C@@H](CC#N)C3)c1C#N)C(c1cccc3cccc(Cl)c13)CNC2. The number of anilines is 1. The van der Waals surface area contributed by atoms with Crippen LogP contribution in [-0.2, 0) is 6.54 Å². The van der Waals surface area contributed by atoms with Gasteiger partial charge in [-0.1, -0.05) is 41.9 Å². The monoisotopic (exact) mass is 555 g/mol. The van der Waals surface area contributed by atoms with Crippen molar-refractivity contribution in [1.82, 2.24) is 20.5 Å². The number of ether oxygens (including phenoxy) is 1. The molecule has 206 valence electrons. The van der Waals surface area contributed by atoms with E-state index in [9.17, 15) is 10.5 Å². The highest BCUT2D eigenvalue weighted by atomic mass is 35.5. The Morgan fingerprint density at radius 1 is 1.18 bits per heavy atom. The molecule has 2 fully saturated rings. The fraction of sp³-hybridized carbons (Fsp3) is 0.452. The summed E-state index contributed by atoms with van der Waals surface area (Å²) in [6, 6.07) is 17.4. The largest absolute Gasteiger partial charge is 0.475 e. The van der Waals surface area contributed by atoms with E-state index in [1.54, 1.807) is 0 Å². The van der Waals surface area contributed by atoms with Gasteiger partial charge in [-0.2, -0.15) is 10.5 Å². The Labute approximate surface area is 240 Å². The maximum Gasteiger partial charge on any atom is 0.234 e. The summed E-state index contributed by atoms with van der Waals surface area (Å²) < 4.78 is 6.37. The summed E-state index contributed by atoms with van der Waals surface area (Å²) in [6.07, 6.45) is 2.64. The lowest BCUT2D eigenvalue weighted by Gasteiger charge is -2.39. The van der Waals surface area contributed by atoms with Gasteiger partial charge in [0.2, 0.25) is 5.88 Å². The topological polar surface area (TPSA) is 100 Å². The Hall–Kier alpha value is -3.40. The minimum atomic E-state index is -0.0544. The first kappa shape index (κ1) is 26.8. The number of rotatable bonds is 6. The molecule has 3 aromatic rings. The third-order valence-corrected chi connectivity index (χ3v) is 8.92. The van der Waals surface area contributed by atoms with Crippen LogP contribution < -0.4 is 20.3 Å². The average Bonchev–Trinajstić information content (AvgIpc) is 3.39. The lowest BCUT2D eigenvalue weighted by atomic mass is 9.82. The zero-order valence-electron chi connectivity index (χ0n) is 22.8. The van der Waals surface area contributed by atoms with E-state index in [1.807, 2.05) is 12.1 Å². The molecule has 40 heavy (non-hydrogen) atoms. The Morgan fingerprint density at radius 2 is 2.02 bits per heavy atom. The smallest absolute Gasteiger partial charge is 0.234 e. The van der Waals surface area contributed by atoms with E-state index in [4.69, 9.17) is 21.3 Å². The third-order valence-electron chi connectivity index (χ3n) is 8.61. The van der Waals surface area contributed by atoms with Crippen LogP contribution in [0.2, 0.25) is 5.02 Å². The van der Waals surface area contributed by atoms with Gasteiger partial charge in [0.25, 0.3) is 0 Å². The molecule has 0 saturated carbocycles. The van der Waals surface area contributed by atoms with Crippen molar-refractivity contribution in [3.8, 4) is 18.0 Å². The zero-order chi connectivity index (χ0) is 27.6. The van der Waals surface area contributed by atoms with E-state index in [-0.39, 0.29) is 12.0 Å². The molecule has 0 radical (unpaired) electrons. The van der Waals surface area contributed by atoms with Crippen LogP contribution in [0.3, 0.4) is 0 Å². The summed E-state index contributed by atoms with van der Waals surface area (Å²) in [7, 11) is 2.12. The first-order chi connectivity index (χ1) is 19.6. The maximum absolute atomic E-state index is 10.6. The summed E-state index contributed by atoms with van der Waals surface area (Å²) >= 11 is 6.79. The minimum Gasteiger partial charge on any atom is -0.475 e. The molecule has 1 aromatic heterocycles. The fourth-order valence-electron chi connectivity index (χ4n) is 6.60. The van der Waals surface area contributed by atoms with Crippen molar-refractivity contribution in [3.05, 3.63) is 63.8 Å². The Balaban J connectivity index is 1.51. The fourth-order valence-corrected chi connectivity index (χ4v) is 6.89. The molecular formula is C31H34ClN7O. The molecule has 1 unspecified atom stereocenters. The lowest BCUT2D eigenvalue weighted by Crippen LogP contribution is -2.51. The zero-order valence-corrected chi connectivity index (χ0v) is 23.5. The molecule has 3 atom stereocenters. The van der Waals surface area contributed by atoms with Crippen molar-refractivity contribution in [2.45, 2.75) is 43.8 Å². The molecule has 2 saturated heterocycles. The average molecular weight is 556 g/mol. The van der Waals surface area contributed by atoms with Crippen molar-refractivity contribution < 1.29 is 4.74 Å². The summed E-state index contributed by atoms with van der Waals surface area (Å²) in [5.41, 5.74) is 4.45. The molecule has 9 heteroatoms. The number of nitrogens with one attached hydrogen (secondary N) is 2. The lowest BCUT2D eigenvalue weighted by molar-refractivity contribution is 0.192. The van der Waals surface area contributed by atoms with Crippen LogP contribution in [0.15, 0.2) is 36.4 Å². The quantitative estimate of drug-likeness (QED) is 0.468. The van der Waals surface area contributed by atoms with Gasteiger partial charge in [0.05, 0.1) is 23.9 Å². The van der Waals surface area contributed by atoms with Crippen molar-refractivity contribution in [1.29, 1.82) is 10.5 Å². The molecule has 2 aromatic carbocycles. The van der Waals surface area contributed by atoms with Crippen molar-refractivity contribution >= 4 is 28.1 Å². The van der Waals surface area contributed by atoms with Crippen molar-refractivity contribution in [3.63, 3.8) is 0 Å². The molecular weight excluding hydrogens is 522 g/mol. The third kappa shape index (κ3) is 4.98. The van der Waals surface area contributed by atoms with Crippen LogP contribution in [0.25, 0.3) is 10.8 Å². The molecule has 3 aliphatic rings. The number of nitriles is 2. The number of likely N-dealkylation sites (tertiary alicyclic amines) is 1. The van der Waals surface area contributed by atoms with Gasteiger partial charge < -0.3 is 25.2 Å². The molecule has 0 bridgehead atoms. The first-order valence-electron chi connectivity index (χ1n) is 14.1. The number of pyridine rings is 1. The number of likely N-dealkylation sites (N-methyl/N-ethyl adjacent to an activating group) is 1. The van der Waals surface area contributed by atoms with Gasteiger partial charge >= 0.3 is 0 Å². The van der Waals surface area contributed by atoms with E-state index in [0.29, 0.717) is 55.2 Å². The van der Waals surface area contributed by atoms with E-state index < -0.39 is 0 Å². The maximum atomic E-state index is 10.6. The molecule has 0 spiro atoms. The van der Waals surface area contributed by atoms with Gasteiger partial charge in [0.15, 0.2) is 0 Å². The first-order valence-corrected chi connectivity index (χ1v) is 14.5. The summed E-state index contributed by atoms with van der Waals surface area (Å²) in [6.45, 7) is 4.97. The van der Waals surface area contributed by atoms with E-state index in [1.165, 1.54) is 0 Å². The predicted molar refractivity (Wildman–Crippen MR) is 157 cm³/mol. The molecule has 4 heterocycles. The standard InChI is InChI=1S/C31H34ClN7O/c1-38-13-4-7-22(38)19-40-31-24(15-34)30(39-14-12-36-21(18-39)10-11-33)29-25(16-35-17-27(29)37-31)23-8-2-5-20-6-3-9-26(32)28(20)23/h2-3,5-6,8-9,21-22,25,35-36H,4,7,10,12-14,16-19H2,1H3/t21-,22-,25?/m0/s1. The highest BCUT2D eigenvalue weighted by Crippen LogP contribution is 2.44. The molecule has 6 rings (SSSR count). The minimum absolute atomic E-state index is 0.0257. The summed E-state index contributed by atoms with van der Waals surface area (Å²) in [5.74, 6) is 0.353. The van der Waals surface area contributed by atoms with Gasteiger partial charge in [-0.05, 0) is 43.5 Å². The van der Waals surface area contributed by atoms with E-state index >= 15 is 0 Å². The van der Waals surface area contributed by atoms with Crippen LogP contribution >= 0.6 is 11.6 Å². The number of hydrogen-bond donors (Lipinski definition) is 2. The number of piperazine rings is 1. The van der Waals surface area contributed by atoms with Gasteiger partial charge in [-0.15, -0.1) is 0 Å². The second kappa shape index (κ2) is 11.6. The van der Waals surface area contributed by atoms with Crippen LogP contribution in [0.5, 0.6) is 5.88 Å². The highest BCUT2D eigenvalue weighted by molar-refractivity contribution is 6.35. The second-order valence-electron chi connectivity index (χ2n) is 11.0. The van der Waals surface area contributed by atoms with E-state index in [0.717, 1.165) is 65.8 Å². The molecule has 0 aliphatic carbocycles. The predicted octanol–water partition coefficient (Wildman–Crippen LogP) is 4.16. The number of hydrogen-bond acceptors (Lipinski definition) is 8. The molecule has 3 aliphatic heterocycles. The van der Waals surface area contributed by atoms with Gasteiger partial charge in [-0.25, -0.2) is 4.98 Å². The Bertz CT molecular complexity index is 1490. The highest BCUT2D eigenvalue weighted by Gasteiger charge is 2.35. The van der Waals surface area contributed by atoms with Crippen LogP contribution in [0.1, 0.15) is 47.6 Å². The van der Waals surface area contributed by atoms with Gasteiger partial charge in [-0.3, -0.25) is 0 Å². The summed E-state index contributed by atoms with van der Waals surface area (Å²) in [5, 5.41) is 29.9. The Morgan fingerprint density at radius 3 is 2.80 bits per heavy atom. The van der Waals surface area contributed by atoms with Crippen molar-refractivity contribution in [2.24, 2.45) is 0 Å². The number of nitrogens with zero attached hydrogens (tertiary/aromatic N) is 5. The second-order valence-corrected chi connectivity index (χ2v) is 11.4. The molecule has 8 nitrogen and oxygen atoms in total. The van der Waals surface area contributed by atoms with Gasteiger partial charge in [0.1, 0.15) is 18.2 Å². The molecule has 0 amide bonds. The number of fused-ring (bicyclic) bond motifs is 2. The normalized spacial score (nSPS) is 23.0. The number of halogens is 1. The van der Waals surface area contributed by atoms with E-state index in [2.05, 4.69) is 63.9 Å². The Kier molecular flexibility index (Phi) is 7.78. The van der Waals surface area contributed by atoms with Crippen LogP contribution in [-0.4, -0.2) is 68.3 Å². The van der Waals surface area contributed by atoms with Crippen LogP contribution in [0.4, 0.5) is 5.69 Å². The molecule has 2 N–H and O–H groups in total. The number of aromatic nitrogens is 1. The van der Waals surface area contributed by atoms with Gasteiger partial charge in [0, 0.05) is 66.7 Å². The van der Waals surface area contributed by atoms with Crippen LogP contribution in [0, 0.1) is 22.7 Å².